The molecule has 0 unspecified atom stereocenters. The summed E-state index contributed by atoms with van der Waals surface area (Å²) in [6, 6.07) is 0. The number of hydrogen-bond acceptors (Lipinski definition) is 1. The molecule has 0 spiro atoms. The zero-order chi connectivity index (χ0) is 8.41. The molecule has 0 aromatic heterocycles. The molecule has 0 heterocycles. The third kappa shape index (κ3) is 7.74. The molecule has 0 radical (unpaired) electrons. The maximum absolute atomic E-state index is 9.23. The van der Waals surface area contributed by atoms with Gasteiger partial charge in [0.05, 0.1) is 0 Å². The molecule has 0 aliphatic heterocycles. The van der Waals surface area contributed by atoms with Crippen LogP contribution in [0.4, 0.5) is 0 Å². The Hall–Kier alpha value is -0.263. The van der Waals surface area contributed by atoms with Gasteiger partial charge in [-0.3, -0.25) is 0 Å². The fourth-order valence-electron chi connectivity index (χ4n) is 0.340. The molecule has 0 atom stereocenters. The van der Waals surface area contributed by atoms with Crippen LogP contribution in [-0.4, -0.2) is 18.8 Å². The molecular weight excluding hydrogens is 140 g/mol. The number of hydrogen-bond donors (Lipinski definition) is 1. The Balaban J connectivity index is 4.19. The molecule has 10 heavy (non-hydrogen) atoms. The molecule has 58 valence electrons. The molecule has 1 nitrogen and oxygen atoms in total. The fourth-order valence-corrected chi connectivity index (χ4v) is 1.02. The monoisotopic (exact) mass is 156 g/mol. The third-order valence-corrected chi connectivity index (χ3v) is 1.62. The minimum absolute atomic E-state index is 0.819. The van der Waals surface area contributed by atoms with Gasteiger partial charge in [-0.25, -0.2) is 0 Å². The summed E-state index contributed by atoms with van der Waals surface area (Å²) in [6.07, 6.45) is 0. The van der Waals surface area contributed by atoms with Crippen LogP contribution in [0, 0.1) is 11.5 Å². The zero-order valence-electron chi connectivity index (χ0n) is 7.45. The lowest BCUT2D eigenvalue weighted by Crippen LogP contribution is -2.21. The van der Waals surface area contributed by atoms with Crippen LogP contribution in [0.3, 0.4) is 0 Å². The van der Waals surface area contributed by atoms with Gasteiger partial charge < -0.3 is 5.11 Å². The lowest BCUT2D eigenvalue weighted by molar-refractivity contribution is 0.143. The van der Waals surface area contributed by atoms with Crippen LogP contribution in [0.15, 0.2) is 0 Å². The summed E-state index contributed by atoms with van der Waals surface area (Å²) in [6.45, 7) is 9.89. The Morgan fingerprint density at radius 1 is 1.20 bits per heavy atom. The van der Waals surface area contributed by atoms with Crippen molar-refractivity contribution in [2.24, 2.45) is 0 Å². The largest absolute Gasteiger partial charge is 0.378 e. The van der Waals surface area contributed by atoms with Crippen molar-refractivity contribution in [3.63, 3.8) is 0 Å². The average Bonchev–Trinajstić information content (AvgIpc) is 1.57. The van der Waals surface area contributed by atoms with Crippen LogP contribution in [0.5, 0.6) is 0 Å². The van der Waals surface area contributed by atoms with Gasteiger partial charge in [0.15, 0.2) is 0 Å². The van der Waals surface area contributed by atoms with Crippen molar-refractivity contribution in [1.82, 2.24) is 0 Å². The summed E-state index contributed by atoms with van der Waals surface area (Å²) >= 11 is 0. The highest BCUT2D eigenvalue weighted by Crippen LogP contribution is 2.01. The van der Waals surface area contributed by atoms with E-state index in [-0.39, 0.29) is 0 Å². The van der Waals surface area contributed by atoms with E-state index in [2.05, 4.69) is 31.1 Å². The average molecular weight is 156 g/mol. The minimum atomic E-state index is -1.29. The van der Waals surface area contributed by atoms with Crippen molar-refractivity contribution in [2.75, 3.05) is 0 Å². The van der Waals surface area contributed by atoms with Gasteiger partial charge in [-0.15, -0.1) is 5.54 Å². The first-order valence-electron chi connectivity index (χ1n) is 3.47. The zero-order valence-corrected chi connectivity index (χ0v) is 8.45. The second kappa shape index (κ2) is 2.77. The van der Waals surface area contributed by atoms with Gasteiger partial charge in [0.2, 0.25) is 0 Å². The van der Waals surface area contributed by atoms with Gasteiger partial charge in [-0.2, -0.15) is 0 Å². The van der Waals surface area contributed by atoms with E-state index in [1.54, 1.807) is 13.8 Å². The van der Waals surface area contributed by atoms with Crippen molar-refractivity contribution < 1.29 is 5.11 Å². The number of rotatable bonds is 0. The molecule has 0 saturated heterocycles. The summed E-state index contributed by atoms with van der Waals surface area (Å²) in [4.78, 5) is 0. The SMILES string of the molecule is CC(C)(O)C#C[Si](C)(C)C. The van der Waals surface area contributed by atoms with Gasteiger partial charge in [0.1, 0.15) is 13.7 Å². The van der Waals surface area contributed by atoms with Crippen molar-refractivity contribution in [3.8, 4) is 11.5 Å². The van der Waals surface area contributed by atoms with E-state index in [0.717, 1.165) is 0 Å². The molecule has 0 amide bonds. The van der Waals surface area contributed by atoms with E-state index < -0.39 is 13.7 Å². The predicted molar refractivity (Wildman–Crippen MR) is 47.4 cm³/mol. The highest BCUT2D eigenvalue weighted by Gasteiger charge is 2.11. The van der Waals surface area contributed by atoms with Crippen LogP contribution < -0.4 is 0 Å². The predicted octanol–water partition coefficient (Wildman–Crippen LogP) is 1.64. The lowest BCUT2D eigenvalue weighted by Gasteiger charge is -2.09. The quantitative estimate of drug-likeness (QED) is 0.417. The Morgan fingerprint density at radius 3 is 1.70 bits per heavy atom. The third-order valence-electron chi connectivity index (χ3n) is 0.743. The topological polar surface area (TPSA) is 20.2 Å². The minimum Gasteiger partial charge on any atom is -0.378 e. The second-order valence-corrected chi connectivity index (χ2v) is 8.81. The summed E-state index contributed by atoms with van der Waals surface area (Å²) in [5.74, 6) is 2.83. The van der Waals surface area contributed by atoms with E-state index in [4.69, 9.17) is 0 Å². The molecule has 0 aromatic rings. The molecule has 0 saturated carbocycles. The maximum atomic E-state index is 9.23. The summed E-state index contributed by atoms with van der Waals surface area (Å²) in [5.41, 5.74) is 2.28. The van der Waals surface area contributed by atoms with Gasteiger partial charge in [0, 0.05) is 0 Å². The molecule has 1 N–H and O–H groups in total. The number of aliphatic hydroxyl groups is 1. The first kappa shape index (κ1) is 9.74. The van der Waals surface area contributed by atoms with Crippen molar-refractivity contribution in [3.05, 3.63) is 0 Å². The van der Waals surface area contributed by atoms with Crippen LogP contribution in [-0.2, 0) is 0 Å². The fraction of sp³-hybridized carbons (Fsp3) is 0.750. The van der Waals surface area contributed by atoms with Crippen molar-refractivity contribution in [2.45, 2.75) is 39.1 Å². The van der Waals surface area contributed by atoms with Crippen LogP contribution in [0.2, 0.25) is 19.6 Å². The van der Waals surface area contributed by atoms with E-state index >= 15 is 0 Å². The van der Waals surface area contributed by atoms with E-state index in [1.807, 2.05) is 0 Å². The molecule has 0 aliphatic carbocycles. The van der Waals surface area contributed by atoms with E-state index in [0.29, 0.717) is 0 Å². The Bertz CT molecular complexity index is 142. The van der Waals surface area contributed by atoms with Crippen LogP contribution in [0.1, 0.15) is 13.8 Å². The summed E-state index contributed by atoms with van der Waals surface area (Å²) < 4.78 is 0. The Kier molecular flexibility index (Phi) is 2.70. The first-order valence-corrected chi connectivity index (χ1v) is 6.97. The highest BCUT2D eigenvalue weighted by molar-refractivity contribution is 6.83. The maximum Gasteiger partial charge on any atom is 0.129 e. The second-order valence-electron chi connectivity index (χ2n) is 4.06. The molecule has 0 aromatic carbocycles. The Morgan fingerprint density at radius 2 is 1.60 bits per heavy atom. The standard InChI is InChI=1S/C8H16OSi/c1-8(2,9)6-7-10(3,4)5/h9H,1-5H3. The smallest absolute Gasteiger partial charge is 0.129 e. The highest BCUT2D eigenvalue weighted by atomic mass is 28.3. The van der Waals surface area contributed by atoms with Gasteiger partial charge in [0.25, 0.3) is 0 Å². The Labute approximate surface area is 64.5 Å². The summed E-state index contributed by atoms with van der Waals surface area (Å²) in [5, 5.41) is 9.23. The lowest BCUT2D eigenvalue weighted by atomic mass is 10.2. The molecule has 0 aliphatic rings. The normalized spacial score (nSPS) is 12.2. The van der Waals surface area contributed by atoms with Crippen LogP contribution >= 0.6 is 0 Å². The van der Waals surface area contributed by atoms with Crippen molar-refractivity contribution >= 4 is 8.07 Å². The molecule has 2 heteroatoms. The molecule has 0 fully saturated rings. The van der Waals surface area contributed by atoms with Gasteiger partial charge >= 0.3 is 0 Å². The van der Waals surface area contributed by atoms with E-state index in [9.17, 15) is 5.11 Å². The molecule has 0 rings (SSSR count). The molecular formula is C8H16OSi. The van der Waals surface area contributed by atoms with E-state index in [1.165, 1.54) is 0 Å². The molecule has 0 bridgehead atoms. The van der Waals surface area contributed by atoms with Crippen LogP contribution in [0.25, 0.3) is 0 Å². The van der Waals surface area contributed by atoms with Crippen molar-refractivity contribution in [1.29, 1.82) is 0 Å². The first-order chi connectivity index (χ1) is 4.21. The van der Waals surface area contributed by atoms with Gasteiger partial charge in [-0.05, 0) is 13.8 Å². The summed E-state index contributed by atoms with van der Waals surface area (Å²) in [7, 11) is -1.29. The van der Waals surface area contributed by atoms with Gasteiger partial charge in [-0.1, -0.05) is 25.6 Å².